The fraction of sp³-hybridized carbons (Fsp3) is 0.786. The van der Waals surface area contributed by atoms with Crippen molar-refractivity contribution >= 4 is 0 Å². The summed E-state index contributed by atoms with van der Waals surface area (Å²) in [5, 5.41) is 7.94. The van der Waals surface area contributed by atoms with E-state index in [4.69, 9.17) is 0 Å². The number of nitrogens with zero attached hydrogens (tertiary/aromatic N) is 3. The molecular formula is C14H26N4. The van der Waals surface area contributed by atoms with Crippen molar-refractivity contribution in [2.45, 2.75) is 39.3 Å². The van der Waals surface area contributed by atoms with Crippen LogP contribution in [-0.2, 0) is 6.54 Å². The first kappa shape index (κ1) is 13.6. The van der Waals surface area contributed by atoms with E-state index in [0.29, 0.717) is 6.04 Å². The highest BCUT2D eigenvalue weighted by atomic mass is 15.3. The summed E-state index contributed by atoms with van der Waals surface area (Å²) in [7, 11) is 0. The van der Waals surface area contributed by atoms with E-state index in [0.717, 1.165) is 25.6 Å². The van der Waals surface area contributed by atoms with Crippen LogP contribution in [0.1, 0.15) is 26.7 Å². The average Bonchev–Trinajstić information content (AvgIpc) is 2.74. The Hall–Kier alpha value is -0.870. The zero-order chi connectivity index (χ0) is 12.8. The summed E-state index contributed by atoms with van der Waals surface area (Å²) in [4.78, 5) is 2.58. The first-order valence-electron chi connectivity index (χ1n) is 7.17. The van der Waals surface area contributed by atoms with Gasteiger partial charge in [-0.3, -0.25) is 9.58 Å². The summed E-state index contributed by atoms with van der Waals surface area (Å²) in [5.41, 5.74) is 0. The van der Waals surface area contributed by atoms with Crippen molar-refractivity contribution in [3.05, 3.63) is 18.5 Å². The maximum Gasteiger partial charge on any atom is 0.0536 e. The fourth-order valence-electron chi connectivity index (χ4n) is 2.68. The molecule has 1 unspecified atom stereocenters. The number of hydrogen-bond donors (Lipinski definition) is 1. The standard InChI is InChI=1S/C14H26N4/c1-13(2)11-14-12-17(7-3-5-15-14)9-10-18-8-4-6-16-18/h4,6,8,13-15H,3,5,7,9-12H2,1-2H3. The Bertz CT molecular complexity index is 321. The Morgan fingerprint density at radius 1 is 1.39 bits per heavy atom. The maximum absolute atomic E-state index is 4.27. The topological polar surface area (TPSA) is 33.1 Å². The molecule has 0 spiro atoms. The van der Waals surface area contributed by atoms with E-state index in [-0.39, 0.29) is 0 Å². The molecule has 0 radical (unpaired) electrons. The Morgan fingerprint density at radius 2 is 2.28 bits per heavy atom. The van der Waals surface area contributed by atoms with E-state index in [1.807, 2.05) is 23.1 Å². The van der Waals surface area contributed by atoms with Crippen LogP contribution in [0.4, 0.5) is 0 Å². The number of rotatable bonds is 5. The van der Waals surface area contributed by atoms with Crippen LogP contribution in [0, 0.1) is 5.92 Å². The molecule has 1 N–H and O–H groups in total. The first-order valence-corrected chi connectivity index (χ1v) is 7.17. The number of nitrogens with one attached hydrogen (secondary N) is 1. The van der Waals surface area contributed by atoms with E-state index >= 15 is 0 Å². The maximum atomic E-state index is 4.27. The van der Waals surface area contributed by atoms with Gasteiger partial charge in [-0.2, -0.15) is 5.10 Å². The van der Waals surface area contributed by atoms with E-state index in [2.05, 4.69) is 29.2 Å². The van der Waals surface area contributed by atoms with Crippen LogP contribution in [0.15, 0.2) is 18.5 Å². The van der Waals surface area contributed by atoms with Crippen molar-refractivity contribution in [2.75, 3.05) is 26.2 Å². The summed E-state index contributed by atoms with van der Waals surface area (Å²) in [6, 6.07) is 2.65. The molecule has 1 saturated heterocycles. The zero-order valence-corrected chi connectivity index (χ0v) is 11.7. The molecule has 1 aliphatic rings. The van der Waals surface area contributed by atoms with E-state index in [9.17, 15) is 0 Å². The summed E-state index contributed by atoms with van der Waals surface area (Å²) in [5.74, 6) is 0.772. The molecule has 0 aromatic carbocycles. The first-order chi connectivity index (χ1) is 8.74. The average molecular weight is 250 g/mol. The van der Waals surface area contributed by atoms with Crippen LogP contribution in [0.5, 0.6) is 0 Å². The van der Waals surface area contributed by atoms with Crippen molar-refractivity contribution in [2.24, 2.45) is 5.92 Å². The molecule has 1 aliphatic heterocycles. The van der Waals surface area contributed by atoms with Gasteiger partial charge in [-0.05, 0) is 37.9 Å². The molecule has 1 fully saturated rings. The molecule has 4 heteroatoms. The van der Waals surface area contributed by atoms with Gasteiger partial charge in [0.25, 0.3) is 0 Å². The van der Waals surface area contributed by atoms with Crippen molar-refractivity contribution < 1.29 is 0 Å². The van der Waals surface area contributed by atoms with Crippen LogP contribution in [0.2, 0.25) is 0 Å². The molecule has 2 rings (SSSR count). The fourth-order valence-corrected chi connectivity index (χ4v) is 2.68. The minimum absolute atomic E-state index is 0.658. The number of hydrogen-bond acceptors (Lipinski definition) is 3. The van der Waals surface area contributed by atoms with Crippen molar-refractivity contribution in [3.63, 3.8) is 0 Å². The molecule has 102 valence electrons. The van der Waals surface area contributed by atoms with Crippen molar-refractivity contribution in [3.8, 4) is 0 Å². The lowest BCUT2D eigenvalue weighted by atomic mass is 10.0. The molecule has 0 aliphatic carbocycles. The molecule has 0 amide bonds. The Labute approximate surface area is 110 Å². The third-order valence-electron chi connectivity index (χ3n) is 3.52. The molecular weight excluding hydrogens is 224 g/mol. The largest absolute Gasteiger partial charge is 0.313 e. The SMILES string of the molecule is CC(C)CC1CN(CCn2cccn2)CCCN1. The summed E-state index contributed by atoms with van der Waals surface area (Å²) >= 11 is 0. The van der Waals surface area contributed by atoms with Crippen LogP contribution >= 0.6 is 0 Å². The Balaban J connectivity index is 1.79. The number of aromatic nitrogens is 2. The molecule has 1 aromatic heterocycles. The molecule has 2 heterocycles. The lowest BCUT2D eigenvalue weighted by molar-refractivity contribution is 0.243. The van der Waals surface area contributed by atoms with Crippen LogP contribution < -0.4 is 5.32 Å². The second-order valence-electron chi connectivity index (χ2n) is 5.70. The monoisotopic (exact) mass is 250 g/mol. The summed E-state index contributed by atoms with van der Waals surface area (Å²) in [6.45, 7) is 10.3. The van der Waals surface area contributed by atoms with Crippen molar-refractivity contribution in [1.29, 1.82) is 0 Å². The van der Waals surface area contributed by atoms with Crippen LogP contribution in [0.25, 0.3) is 0 Å². The van der Waals surface area contributed by atoms with Gasteiger partial charge < -0.3 is 5.32 Å². The molecule has 0 bridgehead atoms. The highest BCUT2D eigenvalue weighted by Gasteiger charge is 2.18. The molecule has 1 atom stereocenters. The van der Waals surface area contributed by atoms with Crippen LogP contribution in [0.3, 0.4) is 0 Å². The van der Waals surface area contributed by atoms with E-state index < -0.39 is 0 Å². The quantitative estimate of drug-likeness (QED) is 0.861. The van der Waals surface area contributed by atoms with Gasteiger partial charge >= 0.3 is 0 Å². The van der Waals surface area contributed by atoms with Gasteiger partial charge in [-0.1, -0.05) is 13.8 Å². The highest BCUT2D eigenvalue weighted by molar-refractivity contribution is 4.80. The van der Waals surface area contributed by atoms with Gasteiger partial charge in [-0.15, -0.1) is 0 Å². The van der Waals surface area contributed by atoms with Gasteiger partial charge in [0, 0.05) is 31.5 Å². The third kappa shape index (κ3) is 4.42. The highest BCUT2D eigenvalue weighted by Crippen LogP contribution is 2.09. The Morgan fingerprint density at radius 3 is 3.00 bits per heavy atom. The van der Waals surface area contributed by atoms with Gasteiger partial charge in [0.05, 0.1) is 6.54 Å². The minimum atomic E-state index is 0.658. The predicted octanol–water partition coefficient (Wildman–Crippen LogP) is 1.59. The summed E-state index contributed by atoms with van der Waals surface area (Å²) < 4.78 is 2.02. The molecule has 4 nitrogen and oxygen atoms in total. The Kier molecular flexibility index (Phi) is 5.20. The van der Waals surface area contributed by atoms with Gasteiger partial charge in [0.2, 0.25) is 0 Å². The van der Waals surface area contributed by atoms with Crippen molar-refractivity contribution in [1.82, 2.24) is 20.0 Å². The summed E-state index contributed by atoms with van der Waals surface area (Å²) in [6.07, 6.45) is 6.43. The van der Waals surface area contributed by atoms with Gasteiger partial charge in [-0.25, -0.2) is 0 Å². The molecule has 1 aromatic rings. The minimum Gasteiger partial charge on any atom is -0.313 e. The lowest BCUT2D eigenvalue weighted by Gasteiger charge is -2.25. The van der Waals surface area contributed by atoms with E-state index in [1.54, 1.807) is 0 Å². The second-order valence-corrected chi connectivity index (χ2v) is 5.70. The molecule has 18 heavy (non-hydrogen) atoms. The van der Waals surface area contributed by atoms with Crippen LogP contribution in [-0.4, -0.2) is 46.9 Å². The molecule has 0 saturated carbocycles. The second kappa shape index (κ2) is 6.90. The van der Waals surface area contributed by atoms with Gasteiger partial charge in [0.1, 0.15) is 0 Å². The lowest BCUT2D eigenvalue weighted by Crippen LogP contribution is -2.39. The zero-order valence-electron chi connectivity index (χ0n) is 11.7. The smallest absolute Gasteiger partial charge is 0.0536 e. The van der Waals surface area contributed by atoms with E-state index in [1.165, 1.54) is 25.9 Å². The third-order valence-corrected chi connectivity index (χ3v) is 3.52. The van der Waals surface area contributed by atoms with Gasteiger partial charge in [0.15, 0.2) is 0 Å². The predicted molar refractivity (Wildman–Crippen MR) is 74.5 cm³/mol. The normalized spacial score (nSPS) is 22.3.